The van der Waals surface area contributed by atoms with Crippen molar-refractivity contribution in [1.82, 2.24) is 40.3 Å². The highest BCUT2D eigenvalue weighted by atomic mass is 16.5. The Morgan fingerprint density at radius 2 is 2.08 bits per heavy atom. The lowest BCUT2D eigenvalue weighted by molar-refractivity contribution is 0.280. The van der Waals surface area contributed by atoms with Crippen molar-refractivity contribution in [3.8, 4) is 17.0 Å². The minimum Gasteiger partial charge on any atom is -0.497 e. The number of piperidine rings is 1. The fraction of sp³-hybridized carbons (Fsp3) is 0.480. The van der Waals surface area contributed by atoms with Crippen molar-refractivity contribution in [3.63, 3.8) is 0 Å². The van der Waals surface area contributed by atoms with Gasteiger partial charge in [-0.3, -0.25) is 9.89 Å². The molecule has 1 saturated carbocycles. The second-order valence-corrected chi connectivity index (χ2v) is 9.83. The van der Waals surface area contributed by atoms with Crippen LogP contribution in [-0.2, 0) is 6.67 Å². The Labute approximate surface area is 208 Å². The van der Waals surface area contributed by atoms with Crippen LogP contribution in [0.4, 0.5) is 5.69 Å². The molecule has 4 aromatic rings. The molecular formula is C25H31N9O2. The Bertz CT molecular complexity index is 1400. The highest BCUT2D eigenvalue weighted by Gasteiger charge is 2.23. The van der Waals surface area contributed by atoms with E-state index in [0.29, 0.717) is 17.5 Å². The van der Waals surface area contributed by atoms with E-state index in [4.69, 9.17) is 4.74 Å². The molecule has 1 atom stereocenters. The maximum absolute atomic E-state index is 12.9. The molecule has 3 aromatic heterocycles. The first-order valence-corrected chi connectivity index (χ1v) is 12.6. The number of hydrogen-bond acceptors (Lipinski definition) is 8. The lowest BCUT2D eigenvalue weighted by Gasteiger charge is -2.36. The van der Waals surface area contributed by atoms with E-state index in [0.717, 1.165) is 54.1 Å². The molecule has 36 heavy (non-hydrogen) atoms. The van der Waals surface area contributed by atoms with Gasteiger partial charge >= 0.3 is 0 Å². The number of ether oxygens (including phenoxy) is 1. The normalized spacial score (nSPS) is 18.5. The molecule has 11 heteroatoms. The van der Waals surface area contributed by atoms with Crippen LogP contribution < -0.4 is 20.5 Å². The number of nitrogens with one attached hydrogen (secondary N) is 2. The fourth-order valence-electron chi connectivity index (χ4n) is 5.09. The van der Waals surface area contributed by atoms with Crippen LogP contribution in [0.5, 0.6) is 5.75 Å². The predicted molar refractivity (Wildman–Crippen MR) is 136 cm³/mol. The summed E-state index contributed by atoms with van der Waals surface area (Å²) >= 11 is 0. The summed E-state index contributed by atoms with van der Waals surface area (Å²) in [5.41, 5.74) is 3.09. The number of nitrogens with zero attached hydrogens (tertiary/aromatic N) is 7. The number of H-pyrrole nitrogens is 1. The number of aromatic nitrogens is 7. The first-order valence-electron chi connectivity index (χ1n) is 12.6. The Morgan fingerprint density at radius 3 is 2.89 bits per heavy atom. The van der Waals surface area contributed by atoms with Gasteiger partial charge in [0.2, 0.25) is 0 Å². The topological polar surface area (TPSA) is 119 Å². The molecule has 11 nitrogen and oxygen atoms in total. The third kappa shape index (κ3) is 4.58. The molecule has 1 saturated heterocycles. The number of hydrogen-bond donors (Lipinski definition) is 2. The SMILES string of the molecule is COc1cc(-c2cn(Cn3ncc(N4CCCC(NCC5CCC5)C4)cc3=O)nn2)c2cn[nH]c2c1. The zero-order chi connectivity index (χ0) is 24.5. The third-order valence-corrected chi connectivity index (χ3v) is 7.42. The van der Waals surface area contributed by atoms with E-state index in [9.17, 15) is 4.79 Å². The molecule has 2 aliphatic rings. The van der Waals surface area contributed by atoms with Crippen LogP contribution in [0.2, 0.25) is 0 Å². The van der Waals surface area contributed by atoms with Crippen LogP contribution in [0, 0.1) is 5.92 Å². The molecule has 0 bridgehead atoms. The van der Waals surface area contributed by atoms with Crippen molar-refractivity contribution in [1.29, 1.82) is 0 Å². The molecule has 188 valence electrons. The molecule has 0 spiro atoms. The van der Waals surface area contributed by atoms with Gasteiger partial charge in [0.15, 0.2) is 0 Å². The largest absolute Gasteiger partial charge is 0.497 e. The highest BCUT2D eigenvalue weighted by Crippen LogP contribution is 2.31. The van der Waals surface area contributed by atoms with Gasteiger partial charge < -0.3 is 15.0 Å². The van der Waals surface area contributed by atoms with Gasteiger partial charge in [0.25, 0.3) is 5.56 Å². The van der Waals surface area contributed by atoms with Crippen LogP contribution in [0.1, 0.15) is 32.1 Å². The molecule has 4 heterocycles. The number of benzene rings is 1. The number of methoxy groups -OCH3 is 1. The lowest BCUT2D eigenvalue weighted by atomic mass is 9.85. The average Bonchev–Trinajstić information content (AvgIpc) is 3.53. The van der Waals surface area contributed by atoms with Gasteiger partial charge in [-0.15, -0.1) is 5.10 Å². The zero-order valence-electron chi connectivity index (χ0n) is 20.4. The number of anilines is 1. The summed E-state index contributed by atoms with van der Waals surface area (Å²) in [5, 5.41) is 24.7. The molecular weight excluding hydrogens is 458 g/mol. The Hall–Kier alpha value is -3.73. The molecule has 6 rings (SSSR count). The van der Waals surface area contributed by atoms with Crippen LogP contribution >= 0.6 is 0 Å². The number of rotatable bonds is 8. The number of aromatic amines is 1. The Kier molecular flexibility index (Phi) is 6.14. The van der Waals surface area contributed by atoms with E-state index in [1.807, 2.05) is 12.1 Å². The Morgan fingerprint density at radius 1 is 1.17 bits per heavy atom. The quantitative estimate of drug-likeness (QED) is 0.387. The van der Waals surface area contributed by atoms with E-state index in [2.05, 4.69) is 35.8 Å². The third-order valence-electron chi connectivity index (χ3n) is 7.42. The van der Waals surface area contributed by atoms with Crippen LogP contribution in [-0.4, -0.2) is 67.8 Å². The zero-order valence-corrected chi connectivity index (χ0v) is 20.4. The predicted octanol–water partition coefficient (Wildman–Crippen LogP) is 2.25. The highest BCUT2D eigenvalue weighted by molar-refractivity contribution is 5.94. The maximum atomic E-state index is 12.9. The molecule has 0 amide bonds. The standard InChI is InChI=1S/C25H31N9O2/c1-36-20-9-21(22-13-27-29-23(22)10-20)24-15-33(31-30-24)16-34-25(35)8-19(12-28-34)32-7-3-6-18(14-32)26-11-17-4-2-5-17/h8-10,12-13,15,17-18,26H,2-7,11,14,16H2,1H3,(H,27,29). The summed E-state index contributed by atoms with van der Waals surface area (Å²) < 4.78 is 8.41. The smallest absolute Gasteiger partial charge is 0.270 e. The van der Waals surface area contributed by atoms with Crippen molar-refractivity contribution in [3.05, 3.63) is 47.1 Å². The van der Waals surface area contributed by atoms with E-state index in [1.165, 1.54) is 30.4 Å². The molecule has 1 aliphatic heterocycles. The molecule has 1 unspecified atom stereocenters. The molecule has 1 aromatic carbocycles. The fourth-order valence-corrected chi connectivity index (χ4v) is 5.09. The molecule has 1 aliphatic carbocycles. The van der Waals surface area contributed by atoms with Crippen LogP contribution in [0.25, 0.3) is 22.2 Å². The van der Waals surface area contributed by atoms with Gasteiger partial charge in [0.1, 0.15) is 18.1 Å². The second-order valence-electron chi connectivity index (χ2n) is 9.83. The van der Waals surface area contributed by atoms with Gasteiger partial charge in [-0.2, -0.15) is 10.2 Å². The van der Waals surface area contributed by atoms with Crippen molar-refractivity contribution in [2.45, 2.75) is 44.8 Å². The van der Waals surface area contributed by atoms with Crippen LogP contribution in [0.15, 0.2) is 41.6 Å². The summed E-state index contributed by atoms with van der Waals surface area (Å²) in [4.78, 5) is 15.2. The first kappa shape index (κ1) is 22.7. The summed E-state index contributed by atoms with van der Waals surface area (Å²) in [5.74, 6) is 1.54. The van der Waals surface area contributed by atoms with Crippen molar-refractivity contribution in [2.75, 3.05) is 31.6 Å². The molecule has 2 fully saturated rings. The van der Waals surface area contributed by atoms with Gasteiger partial charge in [-0.1, -0.05) is 11.6 Å². The average molecular weight is 490 g/mol. The monoisotopic (exact) mass is 489 g/mol. The van der Waals surface area contributed by atoms with Gasteiger partial charge in [-0.25, -0.2) is 9.36 Å². The summed E-state index contributed by atoms with van der Waals surface area (Å²) in [7, 11) is 1.62. The van der Waals surface area contributed by atoms with Crippen molar-refractivity contribution < 1.29 is 4.74 Å². The number of fused-ring (bicyclic) bond motifs is 1. The van der Waals surface area contributed by atoms with E-state index < -0.39 is 0 Å². The van der Waals surface area contributed by atoms with E-state index in [1.54, 1.807) is 36.4 Å². The minimum atomic E-state index is -0.160. The molecule has 0 radical (unpaired) electrons. The minimum absolute atomic E-state index is 0.160. The molecule has 2 N–H and O–H groups in total. The first-order chi connectivity index (χ1) is 17.7. The van der Waals surface area contributed by atoms with E-state index >= 15 is 0 Å². The summed E-state index contributed by atoms with van der Waals surface area (Å²) in [6.45, 7) is 3.14. The van der Waals surface area contributed by atoms with Crippen LogP contribution in [0.3, 0.4) is 0 Å². The van der Waals surface area contributed by atoms with Gasteiger partial charge in [-0.05, 0) is 44.2 Å². The van der Waals surface area contributed by atoms with E-state index in [-0.39, 0.29) is 12.2 Å². The van der Waals surface area contributed by atoms with Gasteiger partial charge in [0, 0.05) is 42.2 Å². The summed E-state index contributed by atoms with van der Waals surface area (Å²) in [6.07, 6.45) is 11.7. The van der Waals surface area contributed by atoms with Crippen molar-refractivity contribution >= 4 is 16.6 Å². The second kappa shape index (κ2) is 9.73. The lowest BCUT2D eigenvalue weighted by Crippen LogP contribution is -2.47. The van der Waals surface area contributed by atoms with Gasteiger partial charge in [0.05, 0.1) is 36.9 Å². The van der Waals surface area contributed by atoms with Crippen molar-refractivity contribution in [2.24, 2.45) is 5.92 Å². The maximum Gasteiger partial charge on any atom is 0.270 e. The summed E-state index contributed by atoms with van der Waals surface area (Å²) in [6, 6.07) is 5.93. The Balaban J connectivity index is 1.15.